The van der Waals surface area contributed by atoms with Gasteiger partial charge in [0.05, 0.1) is 18.9 Å². The van der Waals surface area contributed by atoms with Gasteiger partial charge in [0.1, 0.15) is 26.2 Å². The highest BCUT2D eigenvalue weighted by Crippen LogP contribution is 2.32. The minimum absolute atomic E-state index is 0.0445. The molecule has 138 valence electrons. The van der Waals surface area contributed by atoms with Crippen molar-refractivity contribution in [2.24, 2.45) is 0 Å². The second-order valence-corrected chi connectivity index (χ2v) is 7.47. The monoisotopic (exact) mass is 373 g/mol. The van der Waals surface area contributed by atoms with Gasteiger partial charge < -0.3 is 20.3 Å². The van der Waals surface area contributed by atoms with E-state index in [1.165, 1.54) is 0 Å². The molecule has 1 aliphatic rings. The van der Waals surface area contributed by atoms with E-state index in [0.717, 1.165) is 54.9 Å². The molecule has 0 spiro atoms. The number of para-hydroxylation sites is 1. The summed E-state index contributed by atoms with van der Waals surface area (Å²) in [5, 5.41) is 5.14. The Labute approximate surface area is 159 Å². The molecular formula is C20H27N3O2S+2. The van der Waals surface area contributed by atoms with Gasteiger partial charge in [-0.15, -0.1) is 0 Å². The first-order chi connectivity index (χ1) is 12.8. The fourth-order valence-electron chi connectivity index (χ4n) is 2.93. The Morgan fingerprint density at radius 1 is 1.08 bits per heavy atom. The summed E-state index contributed by atoms with van der Waals surface area (Å²) >= 11 is 1.66. The molecule has 1 amide bonds. The maximum atomic E-state index is 12.3. The fourth-order valence-corrected chi connectivity index (χ4v) is 3.85. The number of hydrogen-bond donors (Lipinski definition) is 3. The van der Waals surface area contributed by atoms with Crippen LogP contribution in [0.5, 0.6) is 0 Å². The molecule has 5 nitrogen and oxygen atoms in total. The predicted octanol–water partition coefficient (Wildman–Crippen LogP) is 0.255. The van der Waals surface area contributed by atoms with Crippen molar-refractivity contribution < 1.29 is 19.7 Å². The van der Waals surface area contributed by atoms with Gasteiger partial charge in [0.15, 0.2) is 6.54 Å². The molecule has 26 heavy (non-hydrogen) atoms. The molecule has 0 bridgehead atoms. The molecule has 4 N–H and O–H groups in total. The third kappa shape index (κ3) is 6.14. The van der Waals surface area contributed by atoms with Gasteiger partial charge in [0, 0.05) is 9.79 Å². The van der Waals surface area contributed by atoms with Crippen molar-refractivity contribution in [1.82, 2.24) is 0 Å². The summed E-state index contributed by atoms with van der Waals surface area (Å²) in [5.74, 6) is 0.0445. The molecule has 1 aliphatic heterocycles. The smallest absolute Gasteiger partial charge is 0.279 e. The zero-order valence-corrected chi connectivity index (χ0v) is 15.8. The van der Waals surface area contributed by atoms with Crippen molar-refractivity contribution in [2.75, 3.05) is 51.3 Å². The topological polar surface area (TPSA) is 59.4 Å². The van der Waals surface area contributed by atoms with Gasteiger partial charge in [-0.2, -0.15) is 0 Å². The number of quaternary nitrogens is 2. The van der Waals surface area contributed by atoms with Crippen molar-refractivity contribution >= 4 is 23.4 Å². The molecule has 1 fully saturated rings. The highest BCUT2D eigenvalue weighted by molar-refractivity contribution is 7.99. The normalized spacial score (nSPS) is 14.9. The Morgan fingerprint density at radius 2 is 1.81 bits per heavy atom. The Morgan fingerprint density at radius 3 is 2.62 bits per heavy atom. The Kier molecular flexibility index (Phi) is 7.51. The SMILES string of the molecule is O=C(C[NH2+]CC[NH+]1CCOCC1)Nc1ccccc1Sc1ccccc1. The molecule has 2 aromatic rings. The van der Waals surface area contributed by atoms with Gasteiger partial charge in [-0.3, -0.25) is 4.79 Å². The summed E-state index contributed by atoms with van der Waals surface area (Å²) in [7, 11) is 0. The minimum atomic E-state index is 0.0445. The number of rotatable bonds is 8. The van der Waals surface area contributed by atoms with Crippen molar-refractivity contribution in [3.8, 4) is 0 Å². The zero-order chi connectivity index (χ0) is 18.0. The fraction of sp³-hybridized carbons (Fsp3) is 0.350. The first-order valence-electron chi connectivity index (χ1n) is 9.16. The van der Waals surface area contributed by atoms with Crippen LogP contribution in [0.3, 0.4) is 0 Å². The number of carbonyl (C=O) groups is 1. The summed E-state index contributed by atoms with van der Waals surface area (Å²) in [6.45, 7) is 6.35. The van der Waals surface area contributed by atoms with E-state index >= 15 is 0 Å². The van der Waals surface area contributed by atoms with Gasteiger partial charge >= 0.3 is 0 Å². The van der Waals surface area contributed by atoms with Crippen LogP contribution in [0.2, 0.25) is 0 Å². The first-order valence-corrected chi connectivity index (χ1v) is 9.97. The molecule has 1 saturated heterocycles. The van der Waals surface area contributed by atoms with E-state index in [1.54, 1.807) is 16.7 Å². The summed E-state index contributed by atoms with van der Waals surface area (Å²) in [4.78, 5) is 16.1. The van der Waals surface area contributed by atoms with E-state index in [0.29, 0.717) is 6.54 Å². The minimum Gasteiger partial charge on any atom is -0.370 e. The molecule has 6 heteroatoms. The van der Waals surface area contributed by atoms with E-state index in [9.17, 15) is 4.79 Å². The Hall–Kier alpha value is -1.86. The lowest BCUT2D eigenvalue weighted by atomic mass is 10.3. The van der Waals surface area contributed by atoms with Crippen molar-refractivity contribution in [3.05, 3.63) is 54.6 Å². The summed E-state index contributed by atoms with van der Waals surface area (Å²) in [6.07, 6.45) is 0. The number of hydrogen-bond acceptors (Lipinski definition) is 3. The standard InChI is InChI=1S/C20H25N3O2S/c24-20(16-21-10-11-23-12-14-25-15-13-23)22-18-8-4-5-9-19(18)26-17-6-2-1-3-7-17/h1-9,21H,10-16H2,(H,22,24)/p+2. The zero-order valence-electron chi connectivity index (χ0n) is 14.9. The summed E-state index contributed by atoms with van der Waals surface area (Å²) in [5.41, 5.74) is 0.874. The van der Waals surface area contributed by atoms with Gasteiger partial charge in [0.25, 0.3) is 5.91 Å². The van der Waals surface area contributed by atoms with Crippen LogP contribution in [0.1, 0.15) is 0 Å². The molecule has 2 aromatic carbocycles. The molecule has 3 rings (SSSR count). The predicted molar refractivity (Wildman–Crippen MR) is 104 cm³/mol. The van der Waals surface area contributed by atoms with E-state index in [1.807, 2.05) is 42.5 Å². The first kappa shape index (κ1) is 18.9. The third-order valence-corrected chi connectivity index (χ3v) is 5.45. The molecule has 0 unspecified atom stereocenters. The van der Waals surface area contributed by atoms with Crippen LogP contribution in [-0.4, -0.2) is 51.8 Å². The number of carbonyl (C=O) groups excluding carboxylic acids is 1. The molecule has 0 aromatic heterocycles. The molecule has 0 aliphatic carbocycles. The van der Waals surface area contributed by atoms with E-state index in [4.69, 9.17) is 4.74 Å². The molecule has 0 atom stereocenters. The van der Waals surface area contributed by atoms with Crippen LogP contribution in [0.15, 0.2) is 64.4 Å². The number of nitrogens with one attached hydrogen (secondary N) is 2. The van der Waals surface area contributed by atoms with E-state index in [-0.39, 0.29) is 5.91 Å². The Bertz CT molecular complexity index is 690. The average Bonchev–Trinajstić information content (AvgIpc) is 2.68. The lowest BCUT2D eigenvalue weighted by molar-refractivity contribution is -0.919. The van der Waals surface area contributed by atoms with E-state index < -0.39 is 0 Å². The van der Waals surface area contributed by atoms with Crippen molar-refractivity contribution in [3.63, 3.8) is 0 Å². The maximum Gasteiger partial charge on any atom is 0.279 e. The molecule has 0 saturated carbocycles. The summed E-state index contributed by atoms with van der Waals surface area (Å²) < 4.78 is 5.37. The van der Waals surface area contributed by atoms with Crippen molar-refractivity contribution in [1.29, 1.82) is 0 Å². The van der Waals surface area contributed by atoms with Crippen LogP contribution in [0.25, 0.3) is 0 Å². The Balaban J connectivity index is 1.45. The van der Waals surface area contributed by atoms with Crippen LogP contribution in [0, 0.1) is 0 Å². The lowest BCUT2D eigenvalue weighted by Crippen LogP contribution is -3.16. The number of ether oxygens (including phenoxy) is 1. The largest absolute Gasteiger partial charge is 0.370 e. The van der Waals surface area contributed by atoms with Crippen LogP contribution in [-0.2, 0) is 9.53 Å². The van der Waals surface area contributed by atoms with Crippen LogP contribution in [0.4, 0.5) is 5.69 Å². The van der Waals surface area contributed by atoms with Gasteiger partial charge in [-0.1, -0.05) is 42.1 Å². The van der Waals surface area contributed by atoms with Crippen LogP contribution < -0.4 is 15.5 Å². The van der Waals surface area contributed by atoms with Gasteiger partial charge in [-0.05, 0) is 24.3 Å². The number of morpholine rings is 1. The molecule has 1 heterocycles. The van der Waals surface area contributed by atoms with Crippen molar-refractivity contribution in [2.45, 2.75) is 9.79 Å². The molecule has 0 radical (unpaired) electrons. The van der Waals surface area contributed by atoms with E-state index in [2.05, 4.69) is 22.8 Å². The number of benzene rings is 2. The lowest BCUT2D eigenvalue weighted by Gasteiger charge is -2.22. The molecular weight excluding hydrogens is 346 g/mol. The number of nitrogens with two attached hydrogens (primary N) is 1. The second-order valence-electron chi connectivity index (χ2n) is 6.35. The highest BCUT2D eigenvalue weighted by Gasteiger charge is 2.14. The van der Waals surface area contributed by atoms with Crippen LogP contribution >= 0.6 is 11.8 Å². The quantitative estimate of drug-likeness (QED) is 0.582. The number of anilines is 1. The van der Waals surface area contributed by atoms with Gasteiger partial charge in [-0.25, -0.2) is 0 Å². The number of amides is 1. The third-order valence-electron chi connectivity index (χ3n) is 4.36. The second kappa shape index (κ2) is 10.3. The maximum absolute atomic E-state index is 12.3. The summed E-state index contributed by atoms with van der Waals surface area (Å²) in [6, 6.07) is 18.2. The highest BCUT2D eigenvalue weighted by atomic mass is 32.2. The van der Waals surface area contributed by atoms with Gasteiger partial charge in [0.2, 0.25) is 0 Å². The average molecular weight is 374 g/mol.